The van der Waals surface area contributed by atoms with Crippen molar-refractivity contribution in [2.45, 2.75) is 26.3 Å². The number of carbonyl (C=O) groups excluding carboxylic acids is 1. The van der Waals surface area contributed by atoms with E-state index in [1.165, 1.54) is 24.2 Å². The van der Waals surface area contributed by atoms with Gasteiger partial charge in [-0.2, -0.15) is 5.10 Å². The first-order valence-corrected chi connectivity index (χ1v) is 9.30. The Bertz CT molecular complexity index is 910. The van der Waals surface area contributed by atoms with Crippen LogP contribution in [0.3, 0.4) is 0 Å². The summed E-state index contributed by atoms with van der Waals surface area (Å²) in [6.45, 7) is 3.37. The van der Waals surface area contributed by atoms with E-state index in [2.05, 4.69) is 10.4 Å². The maximum atomic E-state index is 12.3. The summed E-state index contributed by atoms with van der Waals surface area (Å²) < 4.78 is 1.94. The van der Waals surface area contributed by atoms with Gasteiger partial charge in [0, 0.05) is 17.0 Å². The summed E-state index contributed by atoms with van der Waals surface area (Å²) in [5.41, 5.74) is 1.96. The molecule has 124 valence electrons. The molecule has 2 heterocycles. The Kier molecular flexibility index (Phi) is 4.06. The molecule has 24 heavy (non-hydrogen) atoms. The summed E-state index contributed by atoms with van der Waals surface area (Å²) in [5.74, 6) is 0.701. The highest BCUT2D eigenvalue weighted by atomic mass is 35.5. The lowest BCUT2D eigenvalue weighted by molar-refractivity contribution is 0.0956. The zero-order valence-electron chi connectivity index (χ0n) is 13.4. The average Bonchev–Trinajstić information content (AvgIpc) is 3.21. The molecule has 1 N–H and O–H groups in total. The van der Waals surface area contributed by atoms with Crippen molar-refractivity contribution in [3.8, 4) is 0 Å². The summed E-state index contributed by atoms with van der Waals surface area (Å²) in [6, 6.07) is 9.73. The van der Waals surface area contributed by atoms with Crippen LogP contribution in [0.2, 0.25) is 5.02 Å². The van der Waals surface area contributed by atoms with Gasteiger partial charge in [-0.05, 0) is 43.4 Å². The molecule has 3 aromatic rings. The molecule has 0 saturated heterocycles. The number of aromatic nitrogens is 2. The van der Waals surface area contributed by atoms with Crippen LogP contribution < -0.4 is 5.32 Å². The Morgan fingerprint density at radius 1 is 1.42 bits per heavy atom. The Morgan fingerprint density at radius 2 is 2.21 bits per heavy atom. The van der Waals surface area contributed by atoms with E-state index in [1.807, 2.05) is 41.9 Å². The maximum absolute atomic E-state index is 12.3. The molecule has 0 bridgehead atoms. The summed E-state index contributed by atoms with van der Waals surface area (Å²) in [5, 5.41) is 9.42. The predicted octanol–water partition coefficient (Wildman–Crippen LogP) is 4.25. The van der Waals surface area contributed by atoms with Gasteiger partial charge in [0.15, 0.2) is 0 Å². The fourth-order valence-electron chi connectivity index (χ4n) is 2.77. The van der Waals surface area contributed by atoms with Crippen LogP contribution >= 0.6 is 22.9 Å². The number of benzene rings is 1. The van der Waals surface area contributed by atoms with Crippen LogP contribution in [0.5, 0.6) is 0 Å². The molecule has 4 rings (SSSR count). The summed E-state index contributed by atoms with van der Waals surface area (Å²) in [4.78, 5) is 14.1. The summed E-state index contributed by atoms with van der Waals surface area (Å²) >= 11 is 7.76. The molecular formula is C18H18ClN3OS. The number of fused-ring (bicyclic) bond motifs is 1. The molecule has 2 aromatic heterocycles. The van der Waals surface area contributed by atoms with E-state index >= 15 is 0 Å². The first-order chi connectivity index (χ1) is 11.6. The van der Waals surface area contributed by atoms with Crippen LogP contribution in [0.15, 0.2) is 30.3 Å². The van der Waals surface area contributed by atoms with Crippen molar-refractivity contribution in [2.24, 2.45) is 5.92 Å². The minimum absolute atomic E-state index is 0.0202. The van der Waals surface area contributed by atoms with Crippen molar-refractivity contribution in [3.63, 3.8) is 0 Å². The Hall–Kier alpha value is -1.85. The Labute approximate surface area is 149 Å². The van der Waals surface area contributed by atoms with Crippen molar-refractivity contribution in [1.82, 2.24) is 15.1 Å². The Morgan fingerprint density at radius 3 is 2.96 bits per heavy atom. The molecule has 0 spiro atoms. The topological polar surface area (TPSA) is 46.9 Å². The highest BCUT2D eigenvalue weighted by molar-refractivity contribution is 7.20. The minimum atomic E-state index is 0.0202. The highest BCUT2D eigenvalue weighted by Gasteiger charge is 2.23. The van der Waals surface area contributed by atoms with Gasteiger partial charge in [-0.1, -0.05) is 29.8 Å². The SMILES string of the molecule is Cc1nn(Cc2ccccc2Cl)c2sc(C(=O)NCC3CC3)cc12. The van der Waals surface area contributed by atoms with E-state index in [0.717, 1.165) is 37.9 Å². The summed E-state index contributed by atoms with van der Waals surface area (Å²) in [6.07, 6.45) is 2.47. The average molecular weight is 360 g/mol. The van der Waals surface area contributed by atoms with Crippen LogP contribution in [0.1, 0.15) is 33.8 Å². The largest absolute Gasteiger partial charge is 0.351 e. The lowest BCUT2D eigenvalue weighted by atomic mass is 10.2. The number of carbonyl (C=O) groups is 1. The second-order valence-corrected chi connectivity index (χ2v) is 7.76. The number of rotatable bonds is 5. The molecule has 6 heteroatoms. The van der Waals surface area contributed by atoms with E-state index in [1.54, 1.807) is 0 Å². The second kappa shape index (κ2) is 6.22. The van der Waals surface area contributed by atoms with Crippen molar-refractivity contribution < 1.29 is 4.79 Å². The van der Waals surface area contributed by atoms with Gasteiger partial charge in [0.05, 0.1) is 17.1 Å². The van der Waals surface area contributed by atoms with E-state index < -0.39 is 0 Å². The van der Waals surface area contributed by atoms with E-state index in [0.29, 0.717) is 12.5 Å². The number of hydrogen-bond acceptors (Lipinski definition) is 3. The molecule has 0 unspecified atom stereocenters. The van der Waals surface area contributed by atoms with Gasteiger partial charge in [0.25, 0.3) is 5.91 Å². The van der Waals surface area contributed by atoms with E-state index in [-0.39, 0.29) is 5.91 Å². The van der Waals surface area contributed by atoms with Gasteiger partial charge >= 0.3 is 0 Å². The zero-order valence-corrected chi connectivity index (χ0v) is 15.0. The van der Waals surface area contributed by atoms with Crippen molar-refractivity contribution >= 4 is 39.1 Å². The van der Waals surface area contributed by atoms with Crippen LogP contribution in [0, 0.1) is 12.8 Å². The van der Waals surface area contributed by atoms with Crippen molar-refractivity contribution in [3.05, 3.63) is 51.5 Å². The molecular weight excluding hydrogens is 342 g/mol. The molecule has 1 aliphatic rings. The molecule has 0 atom stereocenters. The molecule has 0 radical (unpaired) electrons. The highest BCUT2D eigenvalue weighted by Crippen LogP contribution is 2.30. The number of amides is 1. The lowest BCUT2D eigenvalue weighted by Gasteiger charge is -2.05. The minimum Gasteiger partial charge on any atom is -0.351 e. The fourth-order valence-corrected chi connectivity index (χ4v) is 4.04. The summed E-state index contributed by atoms with van der Waals surface area (Å²) in [7, 11) is 0. The molecule has 1 aliphatic carbocycles. The normalized spacial score (nSPS) is 14.2. The van der Waals surface area contributed by atoms with Gasteiger partial charge in [-0.25, -0.2) is 0 Å². The number of thiophene rings is 1. The third-order valence-corrected chi connectivity index (χ3v) is 5.87. The number of nitrogens with one attached hydrogen (secondary N) is 1. The predicted molar refractivity (Wildman–Crippen MR) is 98.0 cm³/mol. The standard InChI is InChI=1S/C18H18ClN3OS/c1-11-14-8-16(17(23)20-9-12-6-7-12)24-18(14)22(21-11)10-13-4-2-3-5-15(13)19/h2-5,8,12H,6-7,9-10H2,1H3,(H,20,23). The quantitative estimate of drug-likeness (QED) is 0.740. The smallest absolute Gasteiger partial charge is 0.261 e. The fraction of sp³-hybridized carbons (Fsp3) is 0.333. The molecule has 4 nitrogen and oxygen atoms in total. The lowest BCUT2D eigenvalue weighted by Crippen LogP contribution is -2.24. The van der Waals surface area contributed by atoms with Gasteiger partial charge in [0.2, 0.25) is 0 Å². The monoisotopic (exact) mass is 359 g/mol. The Balaban J connectivity index is 1.62. The zero-order chi connectivity index (χ0) is 16.7. The number of halogens is 1. The number of aryl methyl sites for hydroxylation is 1. The van der Waals surface area contributed by atoms with Crippen molar-refractivity contribution in [1.29, 1.82) is 0 Å². The van der Waals surface area contributed by atoms with Gasteiger partial charge in [0.1, 0.15) is 4.83 Å². The van der Waals surface area contributed by atoms with Gasteiger partial charge in [-0.3, -0.25) is 9.48 Å². The van der Waals surface area contributed by atoms with Crippen LogP contribution in [0.4, 0.5) is 0 Å². The van der Waals surface area contributed by atoms with Crippen LogP contribution in [-0.4, -0.2) is 22.2 Å². The third-order valence-electron chi connectivity index (χ3n) is 4.36. The van der Waals surface area contributed by atoms with Crippen LogP contribution in [0.25, 0.3) is 10.2 Å². The molecule has 1 saturated carbocycles. The molecule has 1 aromatic carbocycles. The maximum Gasteiger partial charge on any atom is 0.261 e. The second-order valence-electron chi connectivity index (χ2n) is 6.32. The van der Waals surface area contributed by atoms with Gasteiger partial charge < -0.3 is 5.32 Å². The third kappa shape index (κ3) is 3.06. The van der Waals surface area contributed by atoms with E-state index in [4.69, 9.17) is 11.6 Å². The van der Waals surface area contributed by atoms with Crippen LogP contribution in [-0.2, 0) is 6.54 Å². The first kappa shape index (κ1) is 15.7. The van der Waals surface area contributed by atoms with Crippen molar-refractivity contribution in [2.75, 3.05) is 6.54 Å². The molecule has 0 aliphatic heterocycles. The number of nitrogens with zero attached hydrogens (tertiary/aromatic N) is 2. The molecule has 1 fully saturated rings. The molecule has 1 amide bonds. The number of hydrogen-bond donors (Lipinski definition) is 1. The first-order valence-electron chi connectivity index (χ1n) is 8.10. The van der Waals surface area contributed by atoms with Gasteiger partial charge in [-0.15, -0.1) is 11.3 Å². The van der Waals surface area contributed by atoms with E-state index in [9.17, 15) is 4.79 Å².